The van der Waals surface area contributed by atoms with Gasteiger partial charge in [-0.25, -0.2) is 8.42 Å². The summed E-state index contributed by atoms with van der Waals surface area (Å²) in [5.74, 6) is 2.49. The second kappa shape index (κ2) is 9.71. The summed E-state index contributed by atoms with van der Waals surface area (Å²) in [5.41, 5.74) is 2.26. The van der Waals surface area contributed by atoms with Crippen LogP contribution in [0.2, 0.25) is 5.15 Å². The van der Waals surface area contributed by atoms with E-state index in [4.69, 9.17) is 16.3 Å². The summed E-state index contributed by atoms with van der Waals surface area (Å²) in [6.45, 7) is 3.69. The Morgan fingerprint density at radius 1 is 1.10 bits per heavy atom. The maximum atomic E-state index is 11.8. The minimum Gasteiger partial charge on any atom is -0.494 e. The molecule has 9 heteroatoms. The van der Waals surface area contributed by atoms with E-state index >= 15 is 0 Å². The van der Waals surface area contributed by atoms with Gasteiger partial charge in [-0.15, -0.1) is 10.2 Å². The molecule has 0 saturated carbocycles. The minimum absolute atomic E-state index is 0.424. The topological polar surface area (TPSA) is 75.6 Å². The quantitative estimate of drug-likeness (QED) is 0.583. The van der Waals surface area contributed by atoms with E-state index in [0.29, 0.717) is 30.8 Å². The molecule has 1 aromatic carbocycles. The summed E-state index contributed by atoms with van der Waals surface area (Å²) in [4.78, 5) is 2.27. The summed E-state index contributed by atoms with van der Waals surface area (Å²) in [6, 6.07) is 9.74. The molecule has 2 aromatic rings. The lowest BCUT2D eigenvalue weighted by atomic mass is 9.92. The molecular weight excluding hydrogens is 436 g/mol. The van der Waals surface area contributed by atoms with Crippen molar-refractivity contribution in [1.82, 2.24) is 14.5 Å². The molecule has 4 rings (SSSR count). The van der Waals surface area contributed by atoms with E-state index in [1.165, 1.54) is 16.1 Å². The largest absolute Gasteiger partial charge is 0.494 e. The number of hydrogen-bond donors (Lipinski definition) is 0. The molecule has 1 saturated heterocycles. The summed E-state index contributed by atoms with van der Waals surface area (Å²) in [6.07, 6.45) is 6.50. The molecule has 31 heavy (non-hydrogen) atoms. The van der Waals surface area contributed by atoms with Crippen molar-refractivity contribution in [3.63, 3.8) is 0 Å². The first-order valence-electron chi connectivity index (χ1n) is 10.8. The molecule has 2 aliphatic heterocycles. The predicted molar refractivity (Wildman–Crippen MR) is 122 cm³/mol. The van der Waals surface area contributed by atoms with Crippen LogP contribution in [0.25, 0.3) is 0 Å². The van der Waals surface area contributed by atoms with Gasteiger partial charge >= 0.3 is 0 Å². The van der Waals surface area contributed by atoms with Crippen LogP contribution in [-0.2, 0) is 23.0 Å². The third-order valence-electron chi connectivity index (χ3n) is 6.21. The number of nitrogens with zero attached hydrogens (tertiary/aromatic N) is 4. The van der Waals surface area contributed by atoms with Crippen LogP contribution in [0.3, 0.4) is 0 Å². The van der Waals surface area contributed by atoms with Crippen molar-refractivity contribution >= 4 is 27.4 Å². The van der Waals surface area contributed by atoms with Crippen LogP contribution in [0.4, 0.5) is 5.82 Å². The summed E-state index contributed by atoms with van der Waals surface area (Å²) < 4.78 is 31.0. The van der Waals surface area contributed by atoms with Crippen molar-refractivity contribution < 1.29 is 13.2 Å². The highest BCUT2D eigenvalue weighted by Crippen LogP contribution is 2.27. The zero-order valence-corrected chi connectivity index (χ0v) is 19.4. The van der Waals surface area contributed by atoms with Crippen LogP contribution >= 0.6 is 11.6 Å². The summed E-state index contributed by atoms with van der Waals surface area (Å²) >= 11 is 5.82. The lowest BCUT2D eigenvalue weighted by molar-refractivity contribution is 0.278. The van der Waals surface area contributed by atoms with Gasteiger partial charge in [0.15, 0.2) is 11.0 Å². The first-order valence-corrected chi connectivity index (χ1v) is 13.0. The van der Waals surface area contributed by atoms with Crippen molar-refractivity contribution in [2.24, 2.45) is 5.92 Å². The minimum atomic E-state index is -3.14. The zero-order chi connectivity index (χ0) is 21.8. The van der Waals surface area contributed by atoms with E-state index in [9.17, 15) is 8.42 Å². The highest BCUT2D eigenvalue weighted by atomic mass is 35.5. The Hall–Kier alpha value is -1.90. The number of fused-ring (bicyclic) bond motifs is 1. The second-order valence-electron chi connectivity index (χ2n) is 8.41. The number of anilines is 1. The standard InChI is InChI=1S/C22H29ClN4O3S/c1-31(28,29)27-13-10-18-15-20(5-4-19(18)16-27)30-14-2-3-17-8-11-26(12-9-17)22-7-6-21(23)24-25-22/h4-7,15,17H,2-3,8-14,16H2,1H3. The van der Waals surface area contributed by atoms with E-state index < -0.39 is 10.0 Å². The third kappa shape index (κ3) is 5.87. The smallest absolute Gasteiger partial charge is 0.211 e. The lowest BCUT2D eigenvalue weighted by Crippen LogP contribution is -2.35. The third-order valence-corrected chi connectivity index (χ3v) is 7.66. The molecule has 0 atom stereocenters. The molecule has 1 aromatic heterocycles. The summed E-state index contributed by atoms with van der Waals surface area (Å²) in [5, 5.41) is 8.53. The Bertz CT molecular complexity index is 992. The van der Waals surface area contributed by atoms with Gasteiger partial charge in [-0.05, 0) is 73.4 Å². The number of benzene rings is 1. The molecule has 1 fully saturated rings. The predicted octanol–water partition coefficient (Wildman–Crippen LogP) is 3.52. The average molecular weight is 465 g/mol. The van der Waals surface area contributed by atoms with Gasteiger partial charge < -0.3 is 9.64 Å². The van der Waals surface area contributed by atoms with Gasteiger partial charge in [-0.1, -0.05) is 17.7 Å². The lowest BCUT2D eigenvalue weighted by Gasteiger charge is -2.32. The van der Waals surface area contributed by atoms with Crippen molar-refractivity contribution in [3.8, 4) is 5.75 Å². The maximum absolute atomic E-state index is 11.8. The molecule has 168 valence electrons. The van der Waals surface area contributed by atoms with Crippen LogP contribution in [0.5, 0.6) is 5.75 Å². The van der Waals surface area contributed by atoms with Crippen molar-refractivity contribution in [1.29, 1.82) is 0 Å². The van der Waals surface area contributed by atoms with Crippen molar-refractivity contribution in [3.05, 3.63) is 46.6 Å². The number of aromatic nitrogens is 2. The molecule has 0 bridgehead atoms. The number of rotatable bonds is 7. The van der Waals surface area contributed by atoms with Crippen molar-refractivity contribution in [2.75, 3.05) is 37.4 Å². The molecule has 0 radical (unpaired) electrons. The van der Waals surface area contributed by atoms with Gasteiger partial charge in [-0.2, -0.15) is 4.31 Å². The normalized spacial score (nSPS) is 18.1. The first kappa shape index (κ1) is 22.3. The van der Waals surface area contributed by atoms with E-state index in [1.807, 2.05) is 18.2 Å². The molecule has 3 heterocycles. The summed E-state index contributed by atoms with van der Waals surface area (Å²) in [7, 11) is -3.14. The Morgan fingerprint density at radius 3 is 2.61 bits per heavy atom. The fraction of sp³-hybridized carbons (Fsp3) is 0.545. The first-order chi connectivity index (χ1) is 14.9. The molecule has 0 aliphatic carbocycles. The molecule has 2 aliphatic rings. The monoisotopic (exact) mass is 464 g/mol. The molecule has 0 N–H and O–H groups in total. The molecule has 0 amide bonds. The van der Waals surface area contributed by atoms with Crippen LogP contribution in [0.15, 0.2) is 30.3 Å². The molecule has 0 spiro atoms. The van der Waals surface area contributed by atoms with Gasteiger partial charge in [0.2, 0.25) is 10.0 Å². The van der Waals surface area contributed by atoms with Crippen LogP contribution < -0.4 is 9.64 Å². The van der Waals surface area contributed by atoms with E-state index in [1.54, 1.807) is 6.07 Å². The number of hydrogen-bond acceptors (Lipinski definition) is 6. The fourth-order valence-electron chi connectivity index (χ4n) is 4.37. The second-order valence-corrected chi connectivity index (χ2v) is 10.8. The Morgan fingerprint density at radius 2 is 1.90 bits per heavy atom. The molecule has 0 unspecified atom stereocenters. The zero-order valence-electron chi connectivity index (χ0n) is 17.8. The van der Waals surface area contributed by atoms with Gasteiger partial charge in [0.05, 0.1) is 12.9 Å². The SMILES string of the molecule is CS(=O)(=O)N1CCc2cc(OCCCC3CCN(c4ccc(Cl)nn4)CC3)ccc2C1. The molecule has 7 nitrogen and oxygen atoms in total. The van der Waals surface area contributed by atoms with E-state index in [2.05, 4.69) is 21.2 Å². The maximum Gasteiger partial charge on any atom is 0.211 e. The van der Waals surface area contributed by atoms with E-state index in [-0.39, 0.29) is 0 Å². The van der Waals surface area contributed by atoms with Gasteiger partial charge in [-0.3, -0.25) is 0 Å². The number of piperidine rings is 1. The Labute approximate surface area is 189 Å². The van der Waals surface area contributed by atoms with Gasteiger partial charge in [0.25, 0.3) is 0 Å². The average Bonchev–Trinajstić information content (AvgIpc) is 2.77. The Balaban J connectivity index is 1.18. The highest BCUT2D eigenvalue weighted by Gasteiger charge is 2.23. The van der Waals surface area contributed by atoms with Crippen LogP contribution in [0.1, 0.15) is 36.8 Å². The van der Waals surface area contributed by atoms with Gasteiger partial charge in [0, 0.05) is 26.2 Å². The number of sulfonamides is 1. The Kier molecular flexibility index (Phi) is 6.99. The van der Waals surface area contributed by atoms with Crippen molar-refractivity contribution in [2.45, 2.75) is 38.6 Å². The number of halogens is 1. The highest BCUT2D eigenvalue weighted by molar-refractivity contribution is 7.88. The van der Waals surface area contributed by atoms with Gasteiger partial charge in [0.1, 0.15) is 5.75 Å². The number of ether oxygens (including phenoxy) is 1. The van der Waals surface area contributed by atoms with Crippen LogP contribution in [0, 0.1) is 5.92 Å². The fourth-order valence-corrected chi connectivity index (χ4v) is 5.26. The molecular formula is C22H29ClN4O3S. The van der Waals surface area contributed by atoms with Crippen LogP contribution in [-0.4, -0.2) is 55.4 Å². The van der Waals surface area contributed by atoms with E-state index in [0.717, 1.165) is 62.3 Å².